The molecule has 0 bridgehead atoms. The lowest BCUT2D eigenvalue weighted by Gasteiger charge is -2.12. The lowest BCUT2D eigenvalue weighted by Crippen LogP contribution is -2.41. The van der Waals surface area contributed by atoms with Crippen molar-refractivity contribution < 1.29 is 14.5 Å². The number of carboxylic acid groups (broad SMARTS) is 1. The van der Waals surface area contributed by atoms with E-state index in [0.717, 1.165) is 22.4 Å². The molecule has 4 rings (SSSR count). The molecule has 27 heavy (non-hydrogen) atoms. The lowest BCUT2D eigenvalue weighted by atomic mass is 10.0. The molecule has 4 nitrogen and oxygen atoms in total. The molecule has 0 saturated carbocycles. The Morgan fingerprint density at radius 3 is 1.96 bits per heavy atom. The van der Waals surface area contributed by atoms with E-state index in [4.69, 9.17) is 0 Å². The van der Waals surface area contributed by atoms with Gasteiger partial charge in [0, 0.05) is 17.7 Å². The molecule has 0 spiro atoms. The van der Waals surface area contributed by atoms with E-state index >= 15 is 0 Å². The highest BCUT2D eigenvalue weighted by Gasteiger charge is 2.25. The highest BCUT2D eigenvalue weighted by molar-refractivity contribution is 5.86. The van der Waals surface area contributed by atoms with Crippen LogP contribution in [0.5, 0.6) is 0 Å². The first-order chi connectivity index (χ1) is 13.2. The van der Waals surface area contributed by atoms with Crippen LogP contribution in [0.25, 0.3) is 28.2 Å². The summed E-state index contributed by atoms with van der Waals surface area (Å²) >= 11 is 0. The van der Waals surface area contributed by atoms with Crippen molar-refractivity contribution in [1.29, 1.82) is 0 Å². The summed E-state index contributed by atoms with van der Waals surface area (Å²) in [4.78, 5) is 16.5. The molecule has 0 radical (unpaired) electrons. The van der Waals surface area contributed by atoms with E-state index in [9.17, 15) is 9.90 Å². The third kappa shape index (κ3) is 3.33. The Hall–Kier alpha value is -3.79. The average Bonchev–Trinajstić information content (AvgIpc) is 2.74. The quantitative estimate of drug-likeness (QED) is 0.554. The fraction of sp³-hybridized carbons (Fsp3) is 0. The van der Waals surface area contributed by atoms with Crippen LogP contribution in [0.2, 0.25) is 0 Å². The Bertz CT molecular complexity index is 1080. The van der Waals surface area contributed by atoms with Gasteiger partial charge in [0.1, 0.15) is 11.9 Å². The minimum Gasteiger partial charge on any atom is -0.475 e. The predicted molar refractivity (Wildman–Crippen MR) is 104 cm³/mol. The van der Waals surface area contributed by atoms with Gasteiger partial charge in [-0.3, -0.25) is 0 Å². The van der Waals surface area contributed by atoms with E-state index in [1.54, 1.807) is 22.9 Å². The number of benzene rings is 2. The number of hydrogen-bond donors (Lipinski definition) is 1. The molecule has 4 heteroatoms. The van der Waals surface area contributed by atoms with E-state index < -0.39 is 5.97 Å². The van der Waals surface area contributed by atoms with Crippen molar-refractivity contribution in [3.8, 4) is 28.2 Å². The molecule has 0 aliphatic carbocycles. The smallest absolute Gasteiger partial charge is 0.376 e. The molecule has 0 amide bonds. The number of nitrogens with zero attached hydrogens (tertiary/aromatic N) is 2. The van der Waals surface area contributed by atoms with Gasteiger partial charge in [0.15, 0.2) is 0 Å². The van der Waals surface area contributed by atoms with Crippen LogP contribution in [0.3, 0.4) is 0 Å². The van der Waals surface area contributed by atoms with Gasteiger partial charge < -0.3 is 5.11 Å². The molecule has 130 valence electrons. The topological polar surface area (TPSA) is 54.1 Å². The number of hydrogen-bond acceptors (Lipinski definition) is 2. The van der Waals surface area contributed by atoms with Crippen LogP contribution in [0.4, 0.5) is 0 Å². The number of aromatic nitrogens is 2. The number of carbonyl (C=O) groups is 1. The second-order valence-corrected chi connectivity index (χ2v) is 6.08. The Morgan fingerprint density at radius 2 is 1.37 bits per heavy atom. The first kappa shape index (κ1) is 16.7. The second kappa shape index (κ2) is 7.22. The standard InChI is InChI=1S/C23H16N2O2/c26-23(27)21-16-19(17-9-3-1-4-10-17)15-20(18-11-5-2-6-12-18)25(21)22-13-7-8-14-24-22/h1-16H/p+1. The maximum atomic E-state index is 12.1. The summed E-state index contributed by atoms with van der Waals surface area (Å²) in [6.45, 7) is 0. The third-order valence-electron chi connectivity index (χ3n) is 4.34. The van der Waals surface area contributed by atoms with Gasteiger partial charge in [-0.25, -0.2) is 4.79 Å². The highest BCUT2D eigenvalue weighted by Crippen LogP contribution is 2.26. The van der Waals surface area contributed by atoms with Crippen molar-refractivity contribution in [1.82, 2.24) is 4.98 Å². The number of pyridine rings is 2. The van der Waals surface area contributed by atoms with Gasteiger partial charge in [-0.15, -0.1) is 0 Å². The van der Waals surface area contributed by atoms with Crippen LogP contribution in [0.15, 0.2) is 97.2 Å². The van der Waals surface area contributed by atoms with Gasteiger partial charge in [-0.05, 0) is 28.2 Å². The van der Waals surface area contributed by atoms with Gasteiger partial charge in [-0.2, -0.15) is 4.57 Å². The molecule has 0 aliphatic rings. The van der Waals surface area contributed by atoms with Crippen LogP contribution in [0.1, 0.15) is 10.5 Å². The lowest BCUT2D eigenvalue weighted by molar-refractivity contribution is -0.591. The molecule has 2 aromatic carbocycles. The summed E-state index contributed by atoms with van der Waals surface area (Å²) in [6, 6.07) is 28.7. The van der Waals surface area contributed by atoms with E-state index in [0.29, 0.717) is 5.82 Å². The van der Waals surface area contributed by atoms with Crippen LogP contribution in [-0.2, 0) is 0 Å². The summed E-state index contributed by atoms with van der Waals surface area (Å²) in [5.41, 5.74) is 3.66. The summed E-state index contributed by atoms with van der Waals surface area (Å²) in [6.07, 6.45) is 1.66. The van der Waals surface area contributed by atoms with Gasteiger partial charge in [-0.1, -0.05) is 66.7 Å². The summed E-state index contributed by atoms with van der Waals surface area (Å²) in [5, 5.41) is 9.92. The van der Waals surface area contributed by atoms with Gasteiger partial charge >= 0.3 is 11.8 Å². The van der Waals surface area contributed by atoms with Crippen LogP contribution in [0, 0.1) is 0 Å². The Balaban J connectivity index is 2.06. The number of rotatable bonds is 4. The molecular weight excluding hydrogens is 336 g/mol. The zero-order valence-corrected chi connectivity index (χ0v) is 14.5. The normalized spacial score (nSPS) is 10.5. The molecule has 0 unspecified atom stereocenters. The Labute approximate surface area is 157 Å². The minimum absolute atomic E-state index is 0.161. The van der Waals surface area contributed by atoms with Gasteiger partial charge in [0.05, 0.1) is 0 Å². The molecule has 2 aromatic heterocycles. The number of aromatic carboxylic acids is 1. The first-order valence-electron chi connectivity index (χ1n) is 8.60. The fourth-order valence-electron chi connectivity index (χ4n) is 3.10. The van der Waals surface area contributed by atoms with Crippen molar-refractivity contribution in [2.75, 3.05) is 0 Å². The maximum absolute atomic E-state index is 12.1. The second-order valence-electron chi connectivity index (χ2n) is 6.08. The monoisotopic (exact) mass is 353 g/mol. The molecule has 4 aromatic rings. The summed E-state index contributed by atoms with van der Waals surface area (Å²) < 4.78 is 1.68. The molecular formula is C23H17N2O2+. The van der Waals surface area contributed by atoms with E-state index in [2.05, 4.69) is 4.98 Å². The van der Waals surface area contributed by atoms with Crippen molar-refractivity contribution >= 4 is 5.97 Å². The maximum Gasteiger partial charge on any atom is 0.376 e. The molecule has 0 aliphatic heterocycles. The minimum atomic E-state index is -1.00. The third-order valence-corrected chi connectivity index (χ3v) is 4.34. The molecule has 2 heterocycles. The molecule has 1 N–H and O–H groups in total. The van der Waals surface area contributed by atoms with E-state index in [1.807, 2.05) is 78.9 Å². The summed E-state index contributed by atoms with van der Waals surface area (Å²) in [7, 11) is 0. The van der Waals surface area contributed by atoms with Crippen LogP contribution >= 0.6 is 0 Å². The largest absolute Gasteiger partial charge is 0.475 e. The molecule has 0 atom stereocenters. The van der Waals surface area contributed by atoms with E-state index in [1.165, 1.54) is 0 Å². The zero-order chi connectivity index (χ0) is 18.6. The predicted octanol–water partition coefficient (Wildman–Crippen LogP) is 4.39. The first-order valence-corrected chi connectivity index (χ1v) is 8.60. The molecule has 0 fully saturated rings. The summed E-state index contributed by atoms with van der Waals surface area (Å²) in [5.74, 6) is -0.441. The van der Waals surface area contributed by atoms with Crippen LogP contribution < -0.4 is 4.57 Å². The van der Waals surface area contributed by atoms with Crippen molar-refractivity contribution in [3.05, 3.63) is 103 Å². The van der Waals surface area contributed by atoms with E-state index in [-0.39, 0.29) is 5.69 Å². The number of carboxylic acids is 1. The van der Waals surface area contributed by atoms with Crippen molar-refractivity contribution in [2.24, 2.45) is 0 Å². The van der Waals surface area contributed by atoms with Gasteiger partial charge in [0.2, 0.25) is 5.69 Å². The zero-order valence-electron chi connectivity index (χ0n) is 14.5. The van der Waals surface area contributed by atoms with Crippen molar-refractivity contribution in [3.63, 3.8) is 0 Å². The Morgan fingerprint density at radius 1 is 0.741 bits per heavy atom. The van der Waals surface area contributed by atoms with Crippen molar-refractivity contribution in [2.45, 2.75) is 0 Å². The molecule has 0 saturated heterocycles. The van der Waals surface area contributed by atoms with Gasteiger partial charge in [0.25, 0.3) is 0 Å². The van der Waals surface area contributed by atoms with Crippen LogP contribution in [-0.4, -0.2) is 16.1 Å². The SMILES string of the molecule is O=C(O)c1cc(-c2ccccc2)cc(-c2ccccc2)[n+]1-c1ccccn1. The Kier molecular flexibility index (Phi) is 4.45. The average molecular weight is 353 g/mol. The fourth-order valence-corrected chi connectivity index (χ4v) is 3.10. The highest BCUT2D eigenvalue weighted by atomic mass is 16.4.